The third kappa shape index (κ3) is 5.53. The van der Waals surface area contributed by atoms with Gasteiger partial charge in [0.05, 0.1) is 18.4 Å². The fourth-order valence-electron chi connectivity index (χ4n) is 3.42. The van der Waals surface area contributed by atoms with Crippen LogP contribution in [0.15, 0.2) is 90.1 Å². The Balaban J connectivity index is 1.43. The standard InChI is InChI=1S/C25H25N5O2S/c1-2-32-21-15-13-20(14-16-21)24-28-29-25(30(24)26)33-17-22(31)27-23(18-9-5-3-6-10-18)19-11-7-4-8-12-19/h3-16,23H,2,17,26H2,1H3,(H,27,31). The molecule has 0 aliphatic rings. The van der Waals surface area contributed by atoms with Gasteiger partial charge < -0.3 is 15.9 Å². The Bertz CT molecular complexity index is 1140. The molecule has 3 aromatic carbocycles. The van der Waals surface area contributed by atoms with Gasteiger partial charge in [0.25, 0.3) is 0 Å². The number of carbonyl (C=O) groups excluding carboxylic acids is 1. The summed E-state index contributed by atoms with van der Waals surface area (Å²) in [4.78, 5) is 12.8. The van der Waals surface area contributed by atoms with Gasteiger partial charge in [-0.15, -0.1) is 10.2 Å². The zero-order chi connectivity index (χ0) is 23.0. The van der Waals surface area contributed by atoms with Gasteiger partial charge in [-0.1, -0.05) is 72.4 Å². The molecule has 1 aromatic heterocycles. The molecule has 1 amide bonds. The van der Waals surface area contributed by atoms with E-state index in [4.69, 9.17) is 10.6 Å². The second-order valence-corrected chi connectivity index (χ2v) is 8.19. The van der Waals surface area contributed by atoms with Gasteiger partial charge in [0.1, 0.15) is 5.75 Å². The molecule has 7 nitrogen and oxygen atoms in total. The lowest BCUT2D eigenvalue weighted by Gasteiger charge is -2.19. The summed E-state index contributed by atoms with van der Waals surface area (Å²) in [7, 11) is 0. The summed E-state index contributed by atoms with van der Waals surface area (Å²) in [6.45, 7) is 2.54. The summed E-state index contributed by atoms with van der Waals surface area (Å²) in [6.07, 6.45) is 0. The van der Waals surface area contributed by atoms with Crippen molar-refractivity contribution in [3.8, 4) is 17.1 Å². The number of carbonyl (C=O) groups is 1. The summed E-state index contributed by atoms with van der Waals surface area (Å²) >= 11 is 1.24. The predicted molar refractivity (Wildman–Crippen MR) is 130 cm³/mol. The van der Waals surface area contributed by atoms with E-state index in [-0.39, 0.29) is 17.7 Å². The number of nitrogens with zero attached hydrogens (tertiary/aromatic N) is 3. The van der Waals surface area contributed by atoms with Crippen LogP contribution in [0.5, 0.6) is 5.75 Å². The number of ether oxygens (including phenoxy) is 1. The van der Waals surface area contributed by atoms with Gasteiger partial charge >= 0.3 is 0 Å². The molecule has 0 bridgehead atoms. The van der Waals surface area contributed by atoms with E-state index in [1.165, 1.54) is 16.4 Å². The molecule has 8 heteroatoms. The van der Waals surface area contributed by atoms with Crippen molar-refractivity contribution in [1.82, 2.24) is 20.2 Å². The van der Waals surface area contributed by atoms with Crippen molar-refractivity contribution in [3.63, 3.8) is 0 Å². The average Bonchev–Trinajstić information content (AvgIpc) is 3.23. The lowest BCUT2D eigenvalue weighted by Crippen LogP contribution is -2.30. The Labute approximate surface area is 197 Å². The van der Waals surface area contributed by atoms with Crippen LogP contribution in [0.2, 0.25) is 0 Å². The minimum Gasteiger partial charge on any atom is -0.494 e. The van der Waals surface area contributed by atoms with Gasteiger partial charge in [-0.05, 0) is 42.3 Å². The van der Waals surface area contributed by atoms with Crippen LogP contribution in [0, 0.1) is 0 Å². The van der Waals surface area contributed by atoms with E-state index in [0.717, 1.165) is 22.4 Å². The summed E-state index contributed by atoms with van der Waals surface area (Å²) < 4.78 is 6.87. The summed E-state index contributed by atoms with van der Waals surface area (Å²) in [5.74, 6) is 7.55. The van der Waals surface area contributed by atoms with Crippen LogP contribution in [0.1, 0.15) is 24.1 Å². The van der Waals surface area contributed by atoms with Crippen LogP contribution in [-0.2, 0) is 4.79 Å². The van der Waals surface area contributed by atoms with Crippen molar-refractivity contribution in [1.29, 1.82) is 0 Å². The fraction of sp³-hybridized carbons (Fsp3) is 0.160. The lowest BCUT2D eigenvalue weighted by molar-refractivity contribution is -0.119. The first-order chi connectivity index (χ1) is 16.2. The zero-order valence-electron chi connectivity index (χ0n) is 18.2. The summed E-state index contributed by atoms with van der Waals surface area (Å²) in [6, 6.07) is 27.0. The number of hydrogen-bond acceptors (Lipinski definition) is 6. The third-order valence-corrected chi connectivity index (χ3v) is 5.93. The largest absolute Gasteiger partial charge is 0.494 e. The summed E-state index contributed by atoms with van der Waals surface area (Å²) in [5, 5.41) is 11.9. The number of aromatic nitrogens is 3. The number of nitrogens with one attached hydrogen (secondary N) is 1. The topological polar surface area (TPSA) is 95.1 Å². The number of rotatable bonds is 9. The van der Waals surface area contributed by atoms with E-state index in [1.54, 1.807) is 0 Å². The molecule has 0 fully saturated rings. The molecule has 0 spiro atoms. The SMILES string of the molecule is CCOc1ccc(-c2nnc(SCC(=O)NC(c3ccccc3)c3ccccc3)n2N)cc1. The molecule has 1 heterocycles. The second kappa shape index (κ2) is 10.7. The van der Waals surface area contributed by atoms with E-state index in [9.17, 15) is 4.79 Å². The van der Waals surface area contributed by atoms with Crippen LogP contribution in [0.4, 0.5) is 0 Å². The van der Waals surface area contributed by atoms with E-state index >= 15 is 0 Å². The van der Waals surface area contributed by atoms with Crippen LogP contribution in [0.3, 0.4) is 0 Å². The van der Waals surface area contributed by atoms with Crippen LogP contribution < -0.4 is 15.9 Å². The molecule has 0 saturated heterocycles. The van der Waals surface area contributed by atoms with Gasteiger partial charge in [-0.2, -0.15) is 0 Å². The molecule has 33 heavy (non-hydrogen) atoms. The molecule has 3 N–H and O–H groups in total. The normalized spacial score (nSPS) is 10.8. The average molecular weight is 460 g/mol. The molecular weight excluding hydrogens is 434 g/mol. The molecule has 0 atom stereocenters. The van der Waals surface area contributed by atoms with Crippen molar-refractivity contribution >= 4 is 17.7 Å². The zero-order valence-corrected chi connectivity index (χ0v) is 19.0. The Morgan fingerprint density at radius 1 is 0.970 bits per heavy atom. The number of nitrogen functional groups attached to an aromatic ring is 1. The van der Waals surface area contributed by atoms with Gasteiger partial charge in [0, 0.05) is 5.56 Å². The third-order valence-electron chi connectivity index (χ3n) is 4.99. The number of benzene rings is 3. The van der Waals surface area contributed by atoms with Gasteiger partial charge in [-0.3, -0.25) is 4.79 Å². The highest BCUT2D eigenvalue weighted by Gasteiger charge is 2.18. The lowest BCUT2D eigenvalue weighted by atomic mass is 9.99. The molecule has 4 aromatic rings. The molecule has 168 valence electrons. The summed E-state index contributed by atoms with van der Waals surface area (Å²) in [5.41, 5.74) is 2.85. The first-order valence-electron chi connectivity index (χ1n) is 10.6. The molecule has 4 rings (SSSR count). The minimum atomic E-state index is -0.240. The van der Waals surface area contributed by atoms with Crippen molar-refractivity contribution in [2.45, 2.75) is 18.1 Å². The molecular formula is C25H25N5O2S. The molecule has 0 aliphatic carbocycles. The van der Waals surface area contributed by atoms with Crippen molar-refractivity contribution in [2.75, 3.05) is 18.2 Å². The highest BCUT2D eigenvalue weighted by atomic mass is 32.2. The van der Waals surface area contributed by atoms with Gasteiger partial charge in [0.15, 0.2) is 5.82 Å². The van der Waals surface area contributed by atoms with Crippen molar-refractivity contribution in [2.24, 2.45) is 0 Å². The molecule has 0 radical (unpaired) electrons. The highest BCUT2D eigenvalue weighted by Crippen LogP contribution is 2.25. The van der Waals surface area contributed by atoms with Crippen LogP contribution in [0.25, 0.3) is 11.4 Å². The Hall–Kier alpha value is -3.78. The highest BCUT2D eigenvalue weighted by molar-refractivity contribution is 7.99. The molecule has 0 saturated carbocycles. The minimum absolute atomic E-state index is 0.122. The predicted octanol–water partition coefficient (Wildman–Crippen LogP) is 4.06. The maximum atomic E-state index is 12.8. The first-order valence-corrected chi connectivity index (χ1v) is 11.6. The van der Waals surface area contributed by atoms with Crippen molar-refractivity contribution < 1.29 is 9.53 Å². The Kier molecular flexibility index (Phi) is 7.26. The monoisotopic (exact) mass is 459 g/mol. The quantitative estimate of drug-likeness (QED) is 0.290. The molecule has 0 unspecified atom stereocenters. The van der Waals surface area contributed by atoms with Crippen LogP contribution in [-0.4, -0.2) is 33.1 Å². The second-order valence-electron chi connectivity index (χ2n) is 7.24. The number of thioether (sulfide) groups is 1. The van der Waals surface area contributed by atoms with Gasteiger partial charge in [-0.25, -0.2) is 4.68 Å². The number of nitrogens with two attached hydrogens (primary N) is 1. The fourth-order valence-corrected chi connectivity index (χ4v) is 4.09. The number of hydrogen-bond donors (Lipinski definition) is 2. The smallest absolute Gasteiger partial charge is 0.231 e. The first kappa shape index (κ1) is 22.4. The van der Waals surface area contributed by atoms with Gasteiger partial charge in [0.2, 0.25) is 11.1 Å². The molecule has 0 aliphatic heterocycles. The Morgan fingerprint density at radius 2 is 1.58 bits per heavy atom. The van der Waals surface area contributed by atoms with Crippen molar-refractivity contribution in [3.05, 3.63) is 96.1 Å². The van der Waals surface area contributed by atoms with E-state index in [2.05, 4.69) is 15.5 Å². The van der Waals surface area contributed by atoms with E-state index in [1.807, 2.05) is 91.9 Å². The number of amides is 1. The van der Waals surface area contributed by atoms with Crippen LogP contribution >= 0.6 is 11.8 Å². The van der Waals surface area contributed by atoms with E-state index in [0.29, 0.717) is 17.6 Å². The maximum Gasteiger partial charge on any atom is 0.231 e. The van der Waals surface area contributed by atoms with E-state index < -0.39 is 0 Å². The Morgan fingerprint density at radius 3 is 2.15 bits per heavy atom. The maximum absolute atomic E-state index is 12.8.